The molecule has 1 aromatic heterocycles. The molecule has 6 heteroatoms. The summed E-state index contributed by atoms with van der Waals surface area (Å²) >= 11 is 0. The van der Waals surface area contributed by atoms with Crippen LogP contribution < -0.4 is 16.0 Å². The molecule has 0 aliphatic carbocycles. The number of anilines is 3. The Labute approximate surface area is 101 Å². The Hall–Kier alpha value is -1.56. The number of hydrogen-bond donors (Lipinski definition) is 2. The van der Waals surface area contributed by atoms with E-state index >= 15 is 0 Å². The summed E-state index contributed by atoms with van der Waals surface area (Å²) in [6, 6.07) is 0.296. The molecule has 1 aromatic rings. The van der Waals surface area contributed by atoms with Gasteiger partial charge in [0.25, 0.3) is 0 Å². The molecule has 2 rings (SSSR count). The van der Waals surface area contributed by atoms with Crippen molar-refractivity contribution in [2.75, 3.05) is 42.3 Å². The van der Waals surface area contributed by atoms with Gasteiger partial charge >= 0.3 is 0 Å². The lowest BCUT2D eigenvalue weighted by Gasteiger charge is -2.29. The van der Waals surface area contributed by atoms with Crippen molar-refractivity contribution < 1.29 is 4.74 Å². The number of aromatic nitrogens is 2. The molecule has 0 spiro atoms. The van der Waals surface area contributed by atoms with Gasteiger partial charge in [0, 0.05) is 19.1 Å². The number of nitrogens with zero attached hydrogens (tertiary/aromatic N) is 3. The van der Waals surface area contributed by atoms with Gasteiger partial charge in [0.1, 0.15) is 12.0 Å². The summed E-state index contributed by atoms with van der Waals surface area (Å²) in [6.07, 6.45) is 1.55. The fourth-order valence-electron chi connectivity index (χ4n) is 1.80. The van der Waals surface area contributed by atoms with Crippen molar-refractivity contribution >= 4 is 17.3 Å². The van der Waals surface area contributed by atoms with Crippen LogP contribution in [0.2, 0.25) is 0 Å². The van der Waals surface area contributed by atoms with Crippen LogP contribution in [-0.2, 0) is 4.74 Å². The van der Waals surface area contributed by atoms with Crippen molar-refractivity contribution in [1.29, 1.82) is 0 Å². The molecule has 1 aliphatic rings. The van der Waals surface area contributed by atoms with Gasteiger partial charge in [-0.15, -0.1) is 0 Å². The van der Waals surface area contributed by atoms with Crippen LogP contribution in [0, 0.1) is 0 Å². The highest BCUT2D eigenvalue weighted by Crippen LogP contribution is 2.26. The van der Waals surface area contributed by atoms with Crippen molar-refractivity contribution in [2.24, 2.45) is 0 Å². The molecule has 94 valence electrons. The van der Waals surface area contributed by atoms with Crippen molar-refractivity contribution in [1.82, 2.24) is 9.97 Å². The van der Waals surface area contributed by atoms with Crippen LogP contribution in [0.1, 0.15) is 13.8 Å². The molecule has 0 amide bonds. The molecule has 0 aromatic carbocycles. The molecule has 2 heterocycles. The van der Waals surface area contributed by atoms with E-state index in [2.05, 4.69) is 34.0 Å². The first-order valence-electron chi connectivity index (χ1n) is 5.88. The van der Waals surface area contributed by atoms with E-state index in [0.717, 1.165) is 32.1 Å². The summed E-state index contributed by atoms with van der Waals surface area (Å²) in [5.41, 5.74) is 6.71. The van der Waals surface area contributed by atoms with E-state index in [1.807, 2.05) is 0 Å². The first-order chi connectivity index (χ1) is 8.18. The summed E-state index contributed by atoms with van der Waals surface area (Å²) in [6.45, 7) is 7.18. The Morgan fingerprint density at radius 3 is 2.71 bits per heavy atom. The number of nitrogen functional groups attached to an aromatic ring is 1. The molecular formula is C11H19N5O. The third-order valence-corrected chi connectivity index (χ3v) is 2.60. The molecule has 1 saturated heterocycles. The molecule has 0 radical (unpaired) electrons. The first-order valence-corrected chi connectivity index (χ1v) is 5.88. The fraction of sp³-hybridized carbons (Fsp3) is 0.636. The van der Waals surface area contributed by atoms with Crippen LogP contribution in [0.3, 0.4) is 0 Å². The maximum absolute atomic E-state index is 6.09. The topological polar surface area (TPSA) is 76.3 Å². The number of hydrogen-bond acceptors (Lipinski definition) is 6. The SMILES string of the molecule is CC(C)Nc1ncnc(N2CCOCC2)c1N. The van der Waals surface area contributed by atoms with Gasteiger partial charge in [-0.25, -0.2) is 9.97 Å². The van der Waals surface area contributed by atoms with Gasteiger partial charge < -0.3 is 20.7 Å². The monoisotopic (exact) mass is 237 g/mol. The minimum absolute atomic E-state index is 0.296. The fourth-order valence-corrected chi connectivity index (χ4v) is 1.80. The van der Waals surface area contributed by atoms with E-state index in [1.54, 1.807) is 6.33 Å². The highest BCUT2D eigenvalue weighted by molar-refractivity contribution is 5.75. The summed E-state index contributed by atoms with van der Waals surface area (Å²) < 4.78 is 5.31. The Kier molecular flexibility index (Phi) is 3.63. The van der Waals surface area contributed by atoms with Gasteiger partial charge in [-0.05, 0) is 13.8 Å². The van der Waals surface area contributed by atoms with Crippen LogP contribution in [0.4, 0.5) is 17.3 Å². The Morgan fingerprint density at radius 2 is 2.06 bits per heavy atom. The number of rotatable bonds is 3. The molecule has 6 nitrogen and oxygen atoms in total. The van der Waals surface area contributed by atoms with Crippen molar-refractivity contribution in [3.8, 4) is 0 Å². The molecule has 17 heavy (non-hydrogen) atoms. The van der Waals surface area contributed by atoms with Crippen molar-refractivity contribution in [2.45, 2.75) is 19.9 Å². The maximum Gasteiger partial charge on any atom is 0.157 e. The van der Waals surface area contributed by atoms with E-state index in [9.17, 15) is 0 Å². The Balaban J connectivity index is 2.21. The maximum atomic E-state index is 6.09. The second-order valence-electron chi connectivity index (χ2n) is 4.36. The molecule has 0 saturated carbocycles. The second kappa shape index (κ2) is 5.18. The van der Waals surface area contributed by atoms with Crippen LogP contribution in [0.15, 0.2) is 6.33 Å². The van der Waals surface area contributed by atoms with E-state index in [1.165, 1.54) is 0 Å². The zero-order chi connectivity index (χ0) is 12.3. The quantitative estimate of drug-likeness (QED) is 0.806. The second-order valence-corrected chi connectivity index (χ2v) is 4.36. The van der Waals surface area contributed by atoms with E-state index < -0.39 is 0 Å². The predicted octanol–water partition coefficient (Wildman–Crippen LogP) is 0.716. The first kappa shape index (κ1) is 11.9. The molecular weight excluding hydrogens is 218 g/mol. The highest BCUT2D eigenvalue weighted by atomic mass is 16.5. The zero-order valence-corrected chi connectivity index (χ0v) is 10.3. The van der Waals surface area contributed by atoms with Gasteiger partial charge in [-0.2, -0.15) is 0 Å². The molecule has 0 bridgehead atoms. The van der Waals surface area contributed by atoms with Gasteiger partial charge in [0.15, 0.2) is 11.6 Å². The predicted molar refractivity (Wildman–Crippen MR) is 68.2 cm³/mol. The van der Waals surface area contributed by atoms with Crippen LogP contribution >= 0.6 is 0 Å². The Morgan fingerprint density at radius 1 is 1.35 bits per heavy atom. The van der Waals surface area contributed by atoms with E-state index in [0.29, 0.717) is 17.5 Å². The molecule has 3 N–H and O–H groups in total. The number of ether oxygens (including phenoxy) is 1. The molecule has 0 atom stereocenters. The Bertz CT molecular complexity index is 376. The molecule has 1 fully saturated rings. The average Bonchev–Trinajstić information content (AvgIpc) is 2.32. The van der Waals surface area contributed by atoms with Crippen molar-refractivity contribution in [3.63, 3.8) is 0 Å². The summed E-state index contributed by atoms with van der Waals surface area (Å²) in [5, 5.41) is 3.22. The van der Waals surface area contributed by atoms with Crippen molar-refractivity contribution in [3.05, 3.63) is 6.33 Å². The molecule has 0 unspecified atom stereocenters. The minimum atomic E-state index is 0.296. The third-order valence-electron chi connectivity index (χ3n) is 2.60. The van der Waals surface area contributed by atoms with E-state index in [-0.39, 0.29) is 0 Å². The van der Waals surface area contributed by atoms with Gasteiger partial charge in [0.05, 0.1) is 13.2 Å². The average molecular weight is 237 g/mol. The smallest absolute Gasteiger partial charge is 0.157 e. The summed E-state index contributed by atoms with van der Waals surface area (Å²) in [7, 11) is 0. The van der Waals surface area contributed by atoms with Gasteiger partial charge in [-0.3, -0.25) is 0 Å². The van der Waals surface area contributed by atoms with Crippen LogP contribution in [-0.4, -0.2) is 42.3 Å². The van der Waals surface area contributed by atoms with Gasteiger partial charge in [0.2, 0.25) is 0 Å². The lowest BCUT2D eigenvalue weighted by atomic mass is 10.3. The third kappa shape index (κ3) is 2.76. The standard InChI is InChI=1S/C11H19N5O/c1-8(2)15-10-9(12)11(14-7-13-10)16-3-5-17-6-4-16/h7-8H,3-6,12H2,1-2H3,(H,13,14,15). The van der Waals surface area contributed by atoms with E-state index in [4.69, 9.17) is 10.5 Å². The lowest BCUT2D eigenvalue weighted by molar-refractivity contribution is 0.122. The normalized spacial score (nSPS) is 16.3. The van der Waals surface area contributed by atoms with Crippen LogP contribution in [0.25, 0.3) is 0 Å². The minimum Gasteiger partial charge on any atom is -0.393 e. The summed E-state index contributed by atoms with van der Waals surface area (Å²) in [5.74, 6) is 1.50. The number of nitrogens with one attached hydrogen (secondary N) is 1. The largest absolute Gasteiger partial charge is 0.393 e. The molecule has 1 aliphatic heterocycles. The summed E-state index contributed by atoms with van der Waals surface area (Å²) in [4.78, 5) is 10.6. The lowest BCUT2D eigenvalue weighted by Crippen LogP contribution is -2.37. The highest BCUT2D eigenvalue weighted by Gasteiger charge is 2.17. The van der Waals surface area contributed by atoms with Gasteiger partial charge in [-0.1, -0.05) is 0 Å². The number of nitrogens with two attached hydrogens (primary N) is 1. The zero-order valence-electron chi connectivity index (χ0n) is 10.3. The number of morpholine rings is 1. The van der Waals surface area contributed by atoms with Crippen LogP contribution in [0.5, 0.6) is 0 Å².